The molecule has 1 rings (SSSR count). The Bertz CT molecular complexity index is 399. The summed E-state index contributed by atoms with van der Waals surface area (Å²) in [5.41, 5.74) is 1.60. The number of halogens is 1. The lowest BCUT2D eigenvalue weighted by molar-refractivity contribution is 1.10. The van der Waals surface area contributed by atoms with Crippen LogP contribution >= 0.6 is 15.9 Å². The summed E-state index contributed by atoms with van der Waals surface area (Å²) in [5.74, 6) is 2.55. The summed E-state index contributed by atoms with van der Waals surface area (Å²) in [6.45, 7) is 0.737. The topological polar surface area (TPSA) is 35.8 Å². The van der Waals surface area contributed by atoms with Crippen molar-refractivity contribution >= 4 is 21.6 Å². The summed E-state index contributed by atoms with van der Waals surface area (Å²) in [6.07, 6.45) is 5.82. The Morgan fingerprint density at radius 1 is 1.50 bits per heavy atom. The van der Waals surface area contributed by atoms with E-state index in [0.717, 1.165) is 16.7 Å². The first kappa shape index (κ1) is 10.6. The molecule has 0 radical (unpaired) electrons. The highest BCUT2D eigenvalue weighted by atomic mass is 79.9. The molecule has 14 heavy (non-hydrogen) atoms. The van der Waals surface area contributed by atoms with Gasteiger partial charge in [-0.25, -0.2) is 0 Å². The summed E-state index contributed by atoms with van der Waals surface area (Å²) in [6, 6.07) is 7.48. The SMILES string of the molecule is C#CCCNc1ccc(C#N)cc1Br. The number of anilines is 1. The maximum atomic E-state index is 8.65. The van der Waals surface area contributed by atoms with Gasteiger partial charge in [0.15, 0.2) is 0 Å². The van der Waals surface area contributed by atoms with Crippen LogP contribution in [-0.2, 0) is 0 Å². The molecule has 0 amide bonds. The lowest BCUT2D eigenvalue weighted by atomic mass is 10.2. The lowest BCUT2D eigenvalue weighted by Gasteiger charge is -2.06. The quantitative estimate of drug-likeness (QED) is 0.660. The second kappa shape index (κ2) is 5.32. The lowest BCUT2D eigenvalue weighted by Crippen LogP contribution is -2.00. The Morgan fingerprint density at radius 2 is 2.29 bits per heavy atom. The van der Waals surface area contributed by atoms with E-state index in [0.29, 0.717) is 12.0 Å². The van der Waals surface area contributed by atoms with Crippen molar-refractivity contribution in [1.82, 2.24) is 0 Å². The molecule has 0 fully saturated rings. The van der Waals surface area contributed by atoms with E-state index in [4.69, 9.17) is 11.7 Å². The van der Waals surface area contributed by atoms with Crippen LogP contribution in [0.1, 0.15) is 12.0 Å². The van der Waals surface area contributed by atoms with Crippen molar-refractivity contribution in [3.63, 3.8) is 0 Å². The van der Waals surface area contributed by atoms with E-state index in [1.807, 2.05) is 6.07 Å². The third-order valence-corrected chi connectivity index (χ3v) is 2.34. The van der Waals surface area contributed by atoms with Crippen LogP contribution in [0.5, 0.6) is 0 Å². The Hall–Kier alpha value is -1.45. The van der Waals surface area contributed by atoms with Crippen LogP contribution in [0.2, 0.25) is 0 Å². The van der Waals surface area contributed by atoms with Crippen LogP contribution in [0, 0.1) is 23.7 Å². The zero-order valence-corrected chi connectivity index (χ0v) is 9.13. The number of hydrogen-bond acceptors (Lipinski definition) is 2. The number of benzene rings is 1. The fourth-order valence-corrected chi connectivity index (χ4v) is 1.52. The molecule has 0 unspecified atom stereocenters. The highest BCUT2D eigenvalue weighted by Gasteiger charge is 1.99. The van der Waals surface area contributed by atoms with Gasteiger partial charge in [0, 0.05) is 23.1 Å². The van der Waals surface area contributed by atoms with E-state index in [2.05, 4.69) is 33.2 Å². The van der Waals surface area contributed by atoms with Crippen LogP contribution in [0.4, 0.5) is 5.69 Å². The standard InChI is InChI=1S/C11H9BrN2/c1-2-3-6-14-11-5-4-9(8-13)7-10(11)12/h1,4-5,7,14H,3,6H2. The highest BCUT2D eigenvalue weighted by molar-refractivity contribution is 9.10. The summed E-state index contributed by atoms with van der Waals surface area (Å²) in [7, 11) is 0. The van der Waals surface area contributed by atoms with Crippen LogP contribution in [0.3, 0.4) is 0 Å². The van der Waals surface area contributed by atoms with Crippen molar-refractivity contribution in [2.75, 3.05) is 11.9 Å². The molecular weight excluding hydrogens is 240 g/mol. The van der Waals surface area contributed by atoms with Crippen LogP contribution in [0.15, 0.2) is 22.7 Å². The molecule has 0 aliphatic carbocycles. The van der Waals surface area contributed by atoms with Crippen LogP contribution < -0.4 is 5.32 Å². The number of rotatable bonds is 3. The van der Waals surface area contributed by atoms with Gasteiger partial charge in [-0.15, -0.1) is 12.3 Å². The smallest absolute Gasteiger partial charge is 0.0992 e. The van der Waals surface area contributed by atoms with E-state index in [9.17, 15) is 0 Å². The normalized spacial score (nSPS) is 8.79. The van der Waals surface area contributed by atoms with Gasteiger partial charge in [0.25, 0.3) is 0 Å². The highest BCUT2D eigenvalue weighted by Crippen LogP contribution is 2.23. The average Bonchev–Trinajstić information content (AvgIpc) is 2.20. The number of hydrogen-bond donors (Lipinski definition) is 1. The molecule has 0 bridgehead atoms. The fourth-order valence-electron chi connectivity index (χ4n) is 0.997. The number of nitrogens with one attached hydrogen (secondary N) is 1. The molecule has 0 atom stereocenters. The molecule has 0 spiro atoms. The molecule has 0 heterocycles. The maximum Gasteiger partial charge on any atom is 0.0992 e. The Balaban J connectivity index is 2.71. The first-order valence-electron chi connectivity index (χ1n) is 4.15. The molecule has 0 aliphatic rings. The molecule has 3 heteroatoms. The summed E-state index contributed by atoms with van der Waals surface area (Å²) in [5, 5.41) is 11.8. The molecular formula is C11H9BrN2. The van der Waals surface area contributed by atoms with Gasteiger partial charge in [-0.05, 0) is 34.1 Å². The summed E-state index contributed by atoms with van der Waals surface area (Å²) in [4.78, 5) is 0. The average molecular weight is 249 g/mol. The molecule has 0 saturated heterocycles. The second-order valence-corrected chi connectivity index (χ2v) is 3.54. The third kappa shape index (κ3) is 2.80. The van der Waals surface area contributed by atoms with Gasteiger partial charge in [0.05, 0.1) is 11.6 Å². The van der Waals surface area contributed by atoms with E-state index < -0.39 is 0 Å². The third-order valence-electron chi connectivity index (χ3n) is 1.68. The summed E-state index contributed by atoms with van der Waals surface area (Å²) < 4.78 is 0.883. The van der Waals surface area contributed by atoms with Gasteiger partial charge >= 0.3 is 0 Å². The minimum atomic E-state index is 0.638. The van der Waals surface area contributed by atoms with Crippen LogP contribution in [-0.4, -0.2) is 6.54 Å². The van der Waals surface area contributed by atoms with Crippen LogP contribution in [0.25, 0.3) is 0 Å². The Labute approximate surface area is 92.1 Å². The molecule has 0 aromatic heterocycles. The maximum absolute atomic E-state index is 8.65. The molecule has 70 valence electrons. The van der Waals surface area contributed by atoms with E-state index in [1.165, 1.54) is 0 Å². The first-order chi connectivity index (χ1) is 6.77. The van der Waals surface area contributed by atoms with Crippen molar-refractivity contribution in [1.29, 1.82) is 5.26 Å². The minimum Gasteiger partial charge on any atom is -0.383 e. The van der Waals surface area contributed by atoms with Gasteiger partial charge in [-0.2, -0.15) is 5.26 Å². The first-order valence-corrected chi connectivity index (χ1v) is 4.94. The van der Waals surface area contributed by atoms with E-state index in [1.54, 1.807) is 12.1 Å². The molecule has 0 saturated carbocycles. The van der Waals surface area contributed by atoms with Gasteiger partial charge < -0.3 is 5.32 Å². The predicted molar refractivity (Wildman–Crippen MR) is 60.8 cm³/mol. The number of nitriles is 1. The van der Waals surface area contributed by atoms with Crippen molar-refractivity contribution in [3.05, 3.63) is 28.2 Å². The van der Waals surface area contributed by atoms with Crippen molar-refractivity contribution < 1.29 is 0 Å². The van der Waals surface area contributed by atoms with Gasteiger partial charge in [-0.1, -0.05) is 0 Å². The molecule has 1 aromatic carbocycles. The zero-order chi connectivity index (χ0) is 10.4. The molecule has 1 N–H and O–H groups in total. The number of nitrogens with zero attached hydrogens (tertiary/aromatic N) is 1. The fraction of sp³-hybridized carbons (Fsp3) is 0.182. The molecule has 1 aromatic rings. The van der Waals surface area contributed by atoms with E-state index in [-0.39, 0.29) is 0 Å². The minimum absolute atomic E-state index is 0.638. The van der Waals surface area contributed by atoms with Crippen molar-refractivity contribution in [2.45, 2.75) is 6.42 Å². The number of terminal acetylenes is 1. The molecule has 2 nitrogen and oxygen atoms in total. The Morgan fingerprint density at radius 3 is 2.86 bits per heavy atom. The Kier molecular flexibility index (Phi) is 4.04. The van der Waals surface area contributed by atoms with Crippen molar-refractivity contribution in [3.8, 4) is 18.4 Å². The second-order valence-electron chi connectivity index (χ2n) is 2.69. The molecule has 0 aliphatic heterocycles. The van der Waals surface area contributed by atoms with Gasteiger partial charge in [0.2, 0.25) is 0 Å². The largest absolute Gasteiger partial charge is 0.383 e. The predicted octanol–water partition coefficient (Wildman–Crippen LogP) is 2.76. The summed E-state index contributed by atoms with van der Waals surface area (Å²) >= 11 is 3.37. The van der Waals surface area contributed by atoms with E-state index >= 15 is 0 Å². The monoisotopic (exact) mass is 248 g/mol. The van der Waals surface area contributed by atoms with Gasteiger partial charge in [0.1, 0.15) is 0 Å². The zero-order valence-electron chi connectivity index (χ0n) is 7.55. The van der Waals surface area contributed by atoms with Gasteiger partial charge in [-0.3, -0.25) is 0 Å². The van der Waals surface area contributed by atoms with Crippen molar-refractivity contribution in [2.24, 2.45) is 0 Å².